The summed E-state index contributed by atoms with van der Waals surface area (Å²) in [5.41, 5.74) is 3.94. The van der Waals surface area contributed by atoms with E-state index in [0.717, 1.165) is 24.0 Å². The van der Waals surface area contributed by atoms with Crippen molar-refractivity contribution in [3.05, 3.63) is 59.7 Å². The Kier molecular flexibility index (Phi) is 6.91. The molecule has 2 aliphatic rings. The van der Waals surface area contributed by atoms with Gasteiger partial charge in [0.05, 0.1) is 11.5 Å². The molecule has 0 spiro atoms. The van der Waals surface area contributed by atoms with E-state index in [1.165, 1.54) is 11.1 Å². The maximum Gasteiger partial charge on any atom is 0.407 e. The molecule has 2 aliphatic carbocycles. The zero-order chi connectivity index (χ0) is 24.3. The predicted octanol–water partition coefficient (Wildman–Crippen LogP) is 4.31. The Bertz CT molecular complexity index is 1030. The number of carboxylic acid groups (broad SMARTS) is 1. The maximum atomic E-state index is 12.8. The van der Waals surface area contributed by atoms with Crippen LogP contribution in [0.15, 0.2) is 48.5 Å². The van der Waals surface area contributed by atoms with Gasteiger partial charge in [0, 0.05) is 18.9 Å². The SMILES string of the molecule is CC(CCNC(=O)CC(C)(NC(=O)OCC1c2ccccc2-c2ccccc21)C1CC1)C(=O)O. The molecule has 2 aromatic rings. The summed E-state index contributed by atoms with van der Waals surface area (Å²) in [6.07, 6.45) is 1.86. The molecule has 1 saturated carbocycles. The van der Waals surface area contributed by atoms with Gasteiger partial charge in [0.1, 0.15) is 6.61 Å². The monoisotopic (exact) mass is 464 g/mol. The van der Waals surface area contributed by atoms with Crippen LogP contribution in [0.25, 0.3) is 11.1 Å². The highest BCUT2D eigenvalue weighted by Gasteiger charge is 2.44. The van der Waals surface area contributed by atoms with E-state index < -0.39 is 23.5 Å². The van der Waals surface area contributed by atoms with Gasteiger partial charge < -0.3 is 20.5 Å². The van der Waals surface area contributed by atoms with E-state index in [1.54, 1.807) is 6.92 Å². The van der Waals surface area contributed by atoms with Crippen molar-refractivity contribution in [2.75, 3.05) is 13.2 Å². The van der Waals surface area contributed by atoms with Gasteiger partial charge in [0.25, 0.3) is 0 Å². The number of aliphatic carboxylic acids is 1. The number of nitrogens with one attached hydrogen (secondary N) is 2. The van der Waals surface area contributed by atoms with Gasteiger partial charge in [-0.3, -0.25) is 9.59 Å². The predicted molar refractivity (Wildman–Crippen MR) is 128 cm³/mol. The Morgan fingerprint density at radius 1 is 1.06 bits per heavy atom. The normalized spacial score (nSPS) is 17.1. The summed E-state index contributed by atoms with van der Waals surface area (Å²) in [6, 6.07) is 16.4. The summed E-state index contributed by atoms with van der Waals surface area (Å²) >= 11 is 0. The van der Waals surface area contributed by atoms with E-state index in [9.17, 15) is 14.4 Å². The summed E-state index contributed by atoms with van der Waals surface area (Å²) in [5, 5.41) is 14.7. The van der Waals surface area contributed by atoms with Crippen molar-refractivity contribution in [3.63, 3.8) is 0 Å². The smallest absolute Gasteiger partial charge is 0.407 e. The molecule has 7 heteroatoms. The average Bonchev–Trinajstić information content (AvgIpc) is 3.62. The third kappa shape index (κ3) is 5.24. The zero-order valence-electron chi connectivity index (χ0n) is 19.7. The standard InChI is InChI=1S/C27H32N2O5/c1-17(25(31)32)13-14-28-24(30)15-27(2,18-11-12-18)29-26(33)34-16-23-21-9-5-3-7-19(21)20-8-4-6-10-22(20)23/h3-10,17-18,23H,11-16H2,1-2H3,(H,28,30)(H,29,33)(H,31,32). The first-order valence-electron chi connectivity index (χ1n) is 11.9. The topological polar surface area (TPSA) is 105 Å². The van der Waals surface area contributed by atoms with Gasteiger partial charge in [-0.15, -0.1) is 0 Å². The number of carboxylic acids is 1. The van der Waals surface area contributed by atoms with Crippen molar-refractivity contribution in [1.82, 2.24) is 10.6 Å². The summed E-state index contributed by atoms with van der Waals surface area (Å²) in [7, 11) is 0. The molecule has 0 bridgehead atoms. The van der Waals surface area contributed by atoms with Crippen LogP contribution in [0.1, 0.15) is 56.6 Å². The second-order valence-electron chi connectivity index (χ2n) is 9.70. The number of rotatable bonds is 10. The van der Waals surface area contributed by atoms with E-state index in [-0.39, 0.29) is 37.3 Å². The second kappa shape index (κ2) is 9.87. The van der Waals surface area contributed by atoms with Crippen LogP contribution < -0.4 is 10.6 Å². The lowest BCUT2D eigenvalue weighted by Gasteiger charge is -2.30. The largest absolute Gasteiger partial charge is 0.481 e. The number of carbonyl (C=O) groups is 3. The number of hydrogen-bond acceptors (Lipinski definition) is 4. The van der Waals surface area contributed by atoms with Crippen LogP contribution in [0, 0.1) is 11.8 Å². The van der Waals surface area contributed by atoms with Crippen LogP contribution in [0.3, 0.4) is 0 Å². The maximum absolute atomic E-state index is 12.8. The number of ether oxygens (including phenoxy) is 1. The Balaban J connectivity index is 1.34. The van der Waals surface area contributed by atoms with Crippen LogP contribution >= 0.6 is 0 Å². The van der Waals surface area contributed by atoms with Gasteiger partial charge in [-0.25, -0.2) is 4.79 Å². The van der Waals surface area contributed by atoms with Crippen LogP contribution in [0.4, 0.5) is 4.79 Å². The molecule has 1 fully saturated rings. The zero-order valence-corrected chi connectivity index (χ0v) is 19.7. The van der Waals surface area contributed by atoms with Crippen LogP contribution in [-0.4, -0.2) is 41.8 Å². The fourth-order valence-corrected chi connectivity index (χ4v) is 4.83. The van der Waals surface area contributed by atoms with Crippen LogP contribution in [0.2, 0.25) is 0 Å². The average molecular weight is 465 g/mol. The summed E-state index contributed by atoms with van der Waals surface area (Å²) in [5.74, 6) is -1.41. The van der Waals surface area contributed by atoms with E-state index in [1.807, 2.05) is 31.2 Å². The van der Waals surface area contributed by atoms with E-state index in [4.69, 9.17) is 9.84 Å². The van der Waals surface area contributed by atoms with Gasteiger partial charge in [-0.05, 0) is 54.4 Å². The van der Waals surface area contributed by atoms with Gasteiger partial charge in [-0.2, -0.15) is 0 Å². The number of benzene rings is 2. The number of amides is 2. The molecular weight excluding hydrogens is 432 g/mol. The van der Waals surface area contributed by atoms with Gasteiger partial charge in [0.2, 0.25) is 5.91 Å². The minimum absolute atomic E-state index is 0.0233. The molecule has 34 heavy (non-hydrogen) atoms. The summed E-state index contributed by atoms with van der Waals surface area (Å²) in [6.45, 7) is 4.00. The Hall–Kier alpha value is -3.35. The Morgan fingerprint density at radius 3 is 2.21 bits per heavy atom. The fraction of sp³-hybridized carbons (Fsp3) is 0.444. The molecule has 4 rings (SSSR count). The molecule has 2 atom stereocenters. The molecule has 0 saturated heterocycles. The molecule has 2 unspecified atom stereocenters. The van der Waals surface area contributed by atoms with Crippen molar-refractivity contribution in [1.29, 1.82) is 0 Å². The van der Waals surface area contributed by atoms with Crippen molar-refractivity contribution in [3.8, 4) is 11.1 Å². The molecule has 3 N–H and O–H groups in total. The van der Waals surface area contributed by atoms with E-state index >= 15 is 0 Å². The van der Waals surface area contributed by atoms with Crippen molar-refractivity contribution >= 4 is 18.0 Å². The third-order valence-corrected chi connectivity index (χ3v) is 7.06. The number of fused-ring (bicyclic) bond motifs is 3. The Labute approximate surface area is 199 Å². The molecule has 2 amide bonds. The minimum Gasteiger partial charge on any atom is -0.481 e. The third-order valence-electron chi connectivity index (χ3n) is 7.06. The van der Waals surface area contributed by atoms with Gasteiger partial charge >= 0.3 is 12.1 Å². The lowest BCUT2D eigenvalue weighted by molar-refractivity contribution is -0.141. The highest BCUT2D eigenvalue weighted by atomic mass is 16.5. The van der Waals surface area contributed by atoms with Crippen LogP contribution in [0.5, 0.6) is 0 Å². The molecule has 0 radical (unpaired) electrons. The molecule has 2 aromatic carbocycles. The minimum atomic E-state index is -0.881. The van der Waals surface area contributed by atoms with Crippen molar-refractivity contribution in [2.24, 2.45) is 11.8 Å². The van der Waals surface area contributed by atoms with Gasteiger partial charge in [0.15, 0.2) is 0 Å². The first-order chi connectivity index (χ1) is 16.3. The molecule has 180 valence electrons. The molecule has 7 nitrogen and oxygen atoms in total. The lowest BCUT2D eigenvalue weighted by Crippen LogP contribution is -2.51. The second-order valence-corrected chi connectivity index (χ2v) is 9.70. The van der Waals surface area contributed by atoms with Crippen molar-refractivity contribution < 1.29 is 24.2 Å². The molecule has 0 aliphatic heterocycles. The summed E-state index contributed by atoms with van der Waals surface area (Å²) < 4.78 is 5.69. The van der Waals surface area contributed by atoms with Crippen molar-refractivity contribution in [2.45, 2.75) is 51.0 Å². The van der Waals surface area contributed by atoms with E-state index in [2.05, 4.69) is 34.9 Å². The highest BCUT2D eigenvalue weighted by molar-refractivity contribution is 5.80. The Morgan fingerprint density at radius 2 is 1.65 bits per heavy atom. The molecule has 0 aromatic heterocycles. The molecular formula is C27H32N2O5. The fourth-order valence-electron chi connectivity index (χ4n) is 4.83. The first-order valence-corrected chi connectivity index (χ1v) is 11.9. The lowest BCUT2D eigenvalue weighted by atomic mass is 9.91. The number of hydrogen-bond donors (Lipinski definition) is 3. The quantitative estimate of drug-likeness (QED) is 0.486. The summed E-state index contributed by atoms with van der Waals surface area (Å²) in [4.78, 5) is 36.3. The van der Waals surface area contributed by atoms with E-state index in [0.29, 0.717) is 6.42 Å². The number of alkyl carbamates (subject to hydrolysis) is 1. The molecule has 0 heterocycles. The first kappa shape index (κ1) is 23.8. The highest BCUT2D eigenvalue weighted by Crippen LogP contribution is 2.45. The number of carbonyl (C=O) groups excluding carboxylic acids is 2. The van der Waals surface area contributed by atoms with Crippen LogP contribution in [-0.2, 0) is 14.3 Å². The van der Waals surface area contributed by atoms with Gasteiger partial charge in [-0.1, -0.05) is 55.5 Å².